The molecule has 0 aliphatic rings. The molecule has 2 aromatic carbocycles. The number of amides is 1. The van der Waals surface area contributed by atoms with Crippen LogP contribution in [0.4, 0.5) is 0 Å². The lowest BCUT2D eigenvalue weighted by Gasteiger charge is -2.19. The second-order valence-electron chi connectivity index (χ2n) is 6.50. The van der Waals surface area contributed by atoms with E-state index in [1.54, 1.807) is 6.20 Å². The van der Waals surface area contributed by atoms with Crippen molar-refractivity contribution in [1.82, 2.24) is 24.8 Å². The quantitative estimate of drug-likeness (QED) is 0.552. The standard InChI is InChI=1S/C21H21N5O/c1-15-22-12-14-26(15)13-11-17(16-7-3-2-4-8-16)25-21(27)20-23-18-9-5-6-10-19(18)24-20/h2-10,12,14,17H,11,13H2,1H3,(H,23,24)(H,25,27)/t17-/m1/s1. The van der Waals surface area contributed by atoms with Gasteiger partial charge in [-0.1, -0.05) is 42.5 Å². The van der Waals surface area contributed by atoms with Crippen LogP contribution in [-0.4, -0.2) is 25.4 Å². The SMILES string of the molecule is Cc1nccn1CC[C@@H](NC(=O)c1nc2ccccc2[nH]1)c1ccccc1. The molecule has 1 amide bonds. The van der Waals surface area contributed by atoms with Crippen molar-refractivity contribution < 1.29 is 4.79 Å². The van der Waals surface area contributed by atoms with Gasteiger partial charge in [0, 0.05) is 18.9 Å². The largest absolute Gasteiger partial charge is 0.343 e. The molecule has 27 heavy (non-hydrogen) atoms. The molecule has 0 aliphatic heterocycles. The van der Waals surface area contributed by atoms with Gasteiger partial charge in [-0.3, -0.25) is 4.79 Å². The van der Waals surface area contributed by atoms with Crippen LogP contribution in [0.2, 0.25) is 0 Å². The lowest BCUT2D eigenvalue weighted by atomic mass is 10.0. The molecular weight excluding hydrogens is 338 g/mol. The number of hydrogen-bond donors (Lipinski definition) is 2. The fourth-order valence-electron chi connectivity index (χ4n) is 3.20. The summed E-state index contributed by atoms with van der Waals surface area (Å²) in [4.78, 5) is 24.6. The van der Waals surface area contributed by atoms with Crippen molar-refractivity contribution in [3.63, 3.8) is 0 Å². The molecular formula is C21H21N5O. The monoisotopic (exact) mass is 359 g/mol. The Bertz CT molecular complexity index is 1020. The van der Waals surface area contributed by atoms with E-state index in [0.717, 1.165) is 35.4 Å². The van der Waals surface area contributed by atoms with Crippen molar-refractivity contribution in [2.24, 2.45) is 0 Å². The first-order chi connectivity index (χ1) is 13.2. The first-order valence-electron chi connectivity index (χ1n) is 8.99. The van der Waals surface area contributed by atoms with Gasteiger partial charge < -0.3 is 14.9 Å². The Labute approximate surface area is 157 Å². The van der Waals surface area contributed by atoms with Crippen molar-refractivity contribution in [3.05, 3.63) is 84.2 Å². The normalized spacial score (nSPS) is 12.2. The summed E-state index contributed by atoms with van der Waals surface area (Å²) in [5.41, 5.74) is 2.71. The molecule has 0 bridgehead atoms. The molecule has 0 aliphatic carbocycles. The van der Waals surface area contributed by atoms with Crippen LogP contribution in [-0.2, 0) is 6.54 Å². The number of hydrogen-bond acceptors (Lipinski definition) is 3. The number of aromatic amines is 1. The van der Waals surface area contributed by atoms with E-state index in [2.05, 4.69) is 24.8 Å². The average Bonchev–Trinajstić information content (AvgIpc) is 3.31. The first-order valence-corrected chi connectivity index (χ1v) is 8.99. The van der Waals surface area contributed by atoms with Crippen molar-refractivity contribution in [2.75, 3.05) is 0 Å². The fraction of sp³-hybridized carbons (Fsp3) is 0.190. The summed E-state index contributed by atoms with van der Waals surface area (Å²) in [5.74, 6) is 1.09. The van der Waals surface area contributed by atoms with Gasteiger partial charge in [-0.15, -0.1) is 0 Å². The summed E-state index contributed by atoms with van der Waals surface area (Å²) < 4.78 is 2.09. The minimum atomic E-state index is -0.206. The number of imidazole rings is 2. The second-order valence-corrected chi connectivity index (χ2v) is 6.50. The summed E-state index contributed by atoms with van der Waals surface area (Å²) >= 11 is 0. The van der Waals surface area contributed by atoms with E-state index < -0.39 is 0 Å². The zero-order valence-electron chi connectivity index (χ0n) is 15.1. The van der Waals surface area contributed by atoms with Gasteiger partial charge in [0.05, 0.1) is 17.1 Å². The number of rotatable bonds is 6. The highest BCUT2D eigenvalue weighted by Gasteiger charge is 2.18. The Morgan fingerprint density at radius 3 is 2.67 bits per heavy atom. The van der Waals surface area contributed by atoms with Gasteiger partial charge in [-0.05, 0) is 31.0 Å². The number of nitrogens with one attached hydrogen (secondary N) is 2. The second kappa shape index (κ2) is 7.45. The molecule has 2 N–H and O–H groups in total. The van der Waals surface area contributed by atoms with E-state index in [1.807, 2.05) is 67.7 Å². The summed E-state index contributed by atoms with van der Waals surface area (Å²) in [6, 6.07) is 17.5. The number of fused-ring (bicyclic) bond motifs is 1. The summed E-state index contributed by atoms with van der Waals surface area (Å²) in [6.45, 7) is 2.75. The van der Waals surface area contributed by atoms with Gasteiger partial charge >= 0.3 is 0 Å². The Morgan fingerprint density at radius 1 is 1.15 bits per heavy atom. The lowest BCUT2D eigenvalue weighted by molar-refractivity contribution is 0.0924. The summed E-state index contributed by atoms with van der Waals surface area (Å²) in [6.07, 6.45) is 4.51. The predicted octanol–water partition coefficient (Wildman–Crippen LogP) is 3.63. The number of carbonyl (C=O) groups is 1. The third-order valence-corrected chi connectivity index (χ3v) is 4.69. The number of benzene rings is 2. The summed E-state index contributed by atoms with van der Waals surface area (Å²) in [7, 11) is 0. The first kappa shape index (κ1) is 17.0. The molecule has 2 aromatic heterocycles. The van der Waals surface area contributed by atoms with Crippen molar-refractivity contribution in [1.29, 1.82) is 0 Å². The fourth-order valence-corrected chi connectivity index (χ4v) is 3.20. The Kier molecular flexibility index (Phi) is 4.70. The smallest absolute Gasteiger partial charge is 0.287 e. The van der Waals surface area contributed by atoms with Crippen LogP contribution in [0.3, 0.4) is 0 Å². The molecule has 0 fully saturated rings. The van der Waals surface area contributed by atoms with E-state index in [0.29, 0.717) is 5.82 Å². The minimum absolute atomic E-state index is 0.117. The molecule has 4 rings (SSSR count). The number of aromatic nitrogens is 4. The summed E-state index contributed by atoms with van der Waals surface area (Å²) in [5, 5.41) is 3.13. The van der Waals surface area contributed by atoms with Crippen LogP contribution >= 0.6 is 0 Å². The van der Waals surface area contributed by atoms with Crippen molar-refractivity contribution in [3.8, 4) is 0 Å². The van der Waals surface area contributed by atoms with Gasteiger partial charge in [-0.25, -0.2) is 9.97 Å². The lowest BCUT2D eigenvalue weighted by Crippen LogP contribution is -2.30. The minimum Gasteiger partial charge on any atom is -0.343 e. The maximum absolute atomic E-state index is 12.8. The van der Waals surface area contributed by atoms with Gasteiger partial charge in [-0.2, -0.15) is 0 Å². The molecule has 6 heteroatoms. The number of nitrogens with zero attached hydrogens (tertiary/aromatic N) is 3. The van der Waals surface area contributed by atoms with Crippen LogP contribution in [0.15, 0.2) is 67.0 Å². The highest BCUT2D eigenvalue weighted by atomic mass is 16.2. The predicted molar refractivity (Wildman–Crippen MR) is 104 cm³/mol. The third-order valence-electron chi connectivity index (χ3n) is 4.69. The third kappa shape index (κ3) is 3.74. The van der Waals surface area contributed by atoms with Gasteiger partial charge in [0.15, 0.2) is 5.82 Å². The molecule has 0 saturated heterocycles. The highest BCUT2D eigenvalue weighted by Crippen LogP contribution is 2.19. The van der Waals surface area contributed by atoms with Crippen molar-refractivity contribution >= 4 is 16.9 Å². The molecule has 0 spiro atoms. The van der Waals surface area contributed by atoms with E-state index in [9.17, 15) is 4.79 Å². The van der Waals surface area contributed by atoms with Crippen LogP contribution < -0.4 is 5.32 Å². The Balaban J connectivity index is 1.54. The average molecular weight is 359 g/mol. The molecule has 0 radical (unpaired) electrons. The molecule has 1 atom stereocenters. The number of aryl methyl sites for hydroxylation is 2. The van der Waals surface area contributed by atoms with E-state index >= 15 is 0 Å². The van der Waals surface area contributed by atoms with Crippen LogP contribution in [0.1, 0.15) is 34.5 Å². The van der Waals surface area contributed by atoms with Crippen molar-refractivity contribution in [2.45, 2.75) is 25.9 Å². The molecule has 0 saturated carbocycles. The molecule has 6 nitrogen and oxygen atoms in total. The molecule has 0 unspecified atom stereocenters. The van der Waals surface area contributed by atoms with E-state index in [-0.39, 0.29) is 11.9 Å². The molecule has 2 heterocycles. The van der Waals surface area contributed by atoms with Gasteiger partial charge in [0.1, 0.15) is 5.82 Å². The number of para-hydroxylation sites is 2. The zero-order valence-corrected chi connectivity index (χ0v) is 15.1. The maximum Gasteiger partial charge on any atom is 0.287 e. The molecule has 136 valence electrons. The molecule has 4 aromatic rings. The van der Waals surface area contributed by atoms with Crippen LogP contribution in [0.25, 0.3) is 11.0 Å². The van der Waals surface area contributed by atoms with E-state index in [4.69, 9.17) is 0 Å². The Hall–Kier alpha value is -3.41. The van der Waals surface area contributed by atoms with Gasteiger partial charge in [0.2, 0.25) is 0 Å². The highest BCUT2D eigenvalue weighted by molar-refractivity contribution is 5.94. The number of carbonyl (C=O) groups excluding carboxylic acids is 1. The topological polar surface area (TPSA) is 75.6 Å². The van der Waals surface area contributed by atoms with E-state index in [1.165, 1.54) is 0 Å². The van der Waals surface area contributed by atoms with Crippen LogP contribution in [0, 0.1) is 6.92 Å². The number of H-pyrrole nitrogens is 1. The van der Waals surface area contributed by atoms with Gasteiger partial charge in [0.25, 0.3) is 5.91 Å². The zero-order chi connectivity index (χ0) is 18.6. The van der Waals surface area contributed by atoms with Crippen LogP contribution in [0.5, 0.6) is 0 Å². The maximum atomic E-state index is 12.8. The Morgan fingerprint density at radius 2 is 1.93 bits per heavy atom.